The van der Waals surface area contributed by atoms with Crippen LogP contribution in [0.2, 0.25) is 0 Å². The van der Waals surface area contributed by atoms with Crippen molar-refractivity contribution in [2.45, 2.75) is 40.0 Å². The van der Waals surface area contributed by atoms with Crippen LogP contribution in [0, 0.1) is 5.41 Å². The van der Waals surface area contributed by atoms with Gasteiger partial charge in [-0.2, -0.15) is 0 Å². The fourth-order valence-corrected chi connectivity index (χ4v) is 1.51. The Morgan fingerprint density at radius 1 is 1.06 bits per heavy atom. The molecule has 0 spiro atoms. The van der Waals surface area contributed by atoms with Gasteiger partial charge in [-0.05, 0) is 20.3 Å². The lowest BCUT2D eigenvalue weighted by Gasteiger charge is -2.26. The number of ether oxygens (including phenoxy) is 2. The van der Waals surface area contributed by atoms with Crippen LogP contribution in [0.5, 0.6) is 0 Å². The Kier molecular flexibility index (Phi) is 7.54. The van der Waals surface area contributed by atoms with Crippen molar-refractivity contribution in [3.05, 3.63) is 0 Å². The van der Waals surface area contributed by atoms with Crippen molar-refractivity contribution in [2.24, 2.45) is 5.41 Å². The molecule has 0 aliphatic heterocycles. The molecule has 0 radical (unpaired) electrons. The van der Waals surface area contributed by atoms with Crippen LogP contribution >= 0.6 is 0 Å². The molecule has 0 heterocycles. The van der Waals surface area contributed by atoms with Gasteiger partial charge in [0, 0.05) is 0 Å². The van der Waals surface area contributed by atoms with E-state index in [0.29, 0.717) is 6.42 Å². The topological polar surface area (TPSA) is 72.8 Å². The number of rotatable bonds is 8. The Balaban J connectivity index is 4.98. The van der Waals surface area contributed by atoms with Crippen molar-refractivity contribution in [3.8, 4) is 0 Å². The zero-order valence-electron chi connectivity index (χ0n) is 10.8. The van der Waals surface area contributed by atoms with Gasteiger partial charge in [0.05, 0.1) is 19.8 Å². The van der Waals surface area contributed by atoms with Gasteiger partial charge in [0.25, 0.3) is 0 Å². The van der Waals surface area contributed by atoms with E-state index >= 15 is 0 Å². The lowest BCUT2D eigenvalue weighted by atomic mass is 9.83. The summed E-state index contributed by atoms with van der Waals surface area (Å²) in [6, 6.07) is 0. The summed E-state index contributed by atoms with van der Waals surface area (Å²) in [7, 11) is 0. The molecule has 5 heteroatoms. The Bertz CT molecular complexity index is 231. The van der Waals surface area contributed by atoms with Gasteiger partial charge in [0.2, 0.25) is 0 Å². The van der Waals surface area contributed by atoms with Gasteiger partial charge in [-0.25, -0.2) is 0 Å². The highest BCUT2D eigenvalue weighted by Gasteiger charge is 2.47. The van der Waals surface area contributed by atoms with Crippen LogP contribution in [0.3, 0.4) is 0 Å². The SMILES string of the molecule is CCCCC(CO)(C(=O)OCC)C(=O)OCC. The third-order valence-corrected chi connectivity index (χ3v) is 2.56. The third kappa shape index (κ3) is 4.00. The summed E-state index contributed by atoms with van der Waals surface area (Å²) < 4.78 is 9.73. The first-order chi connectivity index (χ1) is 8.08. The number of esters is 2. The fourth-order valence-electron chi connectivity index (χ4n) is 1.51. The zero-order chi connectivity index (χ0) is 13.3. The number of unbranched alkanes of at least 4 members (excludes halogenated alkanes) is 1. The van der Waals surface area contributed by atoms with E-state index in [1.165, 1.54) is 0 Å². The first-order valence-electron chi connectivity index (χ1n) is 6.04. The van der Waals surface area contributed by atoms with E-state index < -0.39 is 24.0 Å². The molecule has 0 rings (SSSR count). The molecule has 0 saturated carbocycles. The molecule has 0 aromatic rings. The first kappa shape index (κ1) is 15.9. The number of carbonyl (C=O) groups is 2. The van der Waals surface area contributed by atoms with Crippen LogP contribution in [0.25, 0.3) is 0 Å². The van der Waals surface area contributed by atoms with Gasteiger partial charge in [-0.15, -0.1) is 0 Å². The second kappa shape index (κ2) is 8.06. The minimum atomic E-state index is -1.55. The van der Waals surface area contributed by atoms with Crippen LogP contribution in [-0.4, -0.2) is 36.9 Å². The van der Waals surface area contributed by atoms with Gasteiger partial charge < -0.3 is 14.6 Å². The van der Waals surface area contributed by atoms with Gasteiger partial charge in [-0.3, -0.25) is 9.59 Å². The molecular formula is C12H22O5. The van der Waals surface area contributed by atoms with E-state index in [0.717, 1.165) is 6.42 Å². The van der Waals surface area contributed by atoms with Gasteiger partial charge in [0.15, 0.2) is 5.41 Å². The molecule has 0 aliphatic rings. The molecule has 1 N–H and O–H groups in total. The van der Waals surface area contributed by atoms with E-state index in [1.54, 1.807) is 13.8 Å². The molecular weight excluding hydrogens is 224 g/mol. The Hall–Kier alpha value is -1.10. The zero-order valence-corrected chi connectivity index (χ0v) is 10.8. The minimum absolute atomic E-state index is 0.173. The molecule has 0 unspecified atom stereocenters. The van der Waals surface area contributed by atoms with E-state index in [-0.39, 0.29) is 19.6 Å². The van der Waals surface area contributed by atoms with Crippen molar-refractivity contribution < 1.29 is 24.2 Å². The molecule has 0 aromatic carbocycles. The summed E-state index contributed by atoms with van der Waals surface area (Å²) >= 11 is 0. The number of carbonyl (C=O) groups excluding carboxylic acids is 2. The van der Waals surface area contributed by atoms with Crippen molar-refractivity contribution >= 4 is 11.9 Å². The average Bonchev–Trinajstić information content (AvgIpc) is 2.31. The van der Waals surface area contributed by atoms with Crippen LogP contribution in [0.4, 0.5) is 0 Å². The number of hydrogen-bond acceptors (Lipinski definition) is 5. The van der Waals surface area contributed by atoms with Crippen molar-refractivity contribution in [1.82, 2.24) is 0 Å². The van der Waals surface area contributed by atoms with E-state index in [1.807, 2.05) is 6.92 Å². The highest BCUT2D eigenvalue weighted by atomic mass is 16.6. The molecule has 100 valence electrons. The Labute approximate surface area is 102 Å². The second-order valence-corrected chi connectivity index (χ2v) is 3.78. The van der Waals surface area contributed by atoms with Gasteiger partial charge >= 0.3 is 11.9 Å². The molecule has 0 aliphatic carbocycles. The number of aliphatic hydroxyl groups is 1. The molecule has 0 atom stereocenters. The molecule has 5 nitrogen and oxygen atoms in total. The summed E-state index contributed by atoms with van der Waals surface area (Å²) in [6.07, 6.45) is 1.72. The molecule has 0 fully saturated rings. The summed E-state index contributed by atoms with van der Waals surface area (Å²) in [5, 5.41) is 9.40. The quantitative estimate of drug-likeness (QED) is 0.516. The van der Waals surface area contributed by atoms with Crippen molar-refractivity contribution in [3.63, 3.8) is 0 Å². The maximum absolute atomic E-state index is 11.8. The summed E-state index contributed by atoms with van der Waals surface area (Å²) in [6.45, 7) is 5.03. The molecule has 17 heavy (non-hydrogen) atoms. The van der Waals surface area contributed by atoms with E-state index in [9.17, 15) is 14.7 Å². The van der Waals surface area contributed by atoms with Crippen LogP contribution in [-0.2, 0) is 19.1 Å². The van der Waals surface area contributed by atoms with Crippen LogP contribution < -0.4 is 0 Å². The minimum Gasteiger partial charge on any atom is -0.465 e. The number of aliphatic hydroxyl groups excluding tert-OH is 1. The maximum Gasteiger partial charge on any atom is 0.325 e. The summed E-state index contributed by atoms with van der Waals surface area (Å²) in [5.74, 6) is -1.40. The van der Waals surface area contributed by atoms with Gasteiger partial charge in [0.1, 0.15) is 0 Å². The lowest BCUT2D eigenvalue weighted by molar-refractivity contribution is -0.176. The fraction of sp³-hybridized carbons (Fsp3) is 0.833. The third-order valence-electron chi connectivity index (χ3n) is 2.56. The number of hydrogen-bond donors (Lipinski definition) is 1. The molecule has 0 bridgehead atoms. The predicted molar refractivity (Wildman–Crippen MR) is 62.3 cm³/mol. The molecule has 0 aromatic heterocycles. The summed E-state index contributed by atoms with van der Waals surface area (Å²) in [4.78, 5) is 23.7. The molecule has 0 saturated heterocycles. The summed E-state index contributed by atoms with van der Waals surface area (Å²) in [5.41, 5.74) is -1.55. The van der Waals surface area contributed by atoms with Crippen molar-refractivity contribution in [1.29, 1.82) is 0 Å². The smallest absolute Gasteiger partial charge is 0.325 e. The highest BCUT2D eigenvalue weighted by molar-refractivity contribution is 6.00. The first-order valence-corrected chi connectivity index (χ1v) is 6.04. The van der Waals surface area contributed by atoms with E-state index in [2.05, 4.69) is 0 Å². The Morgan fingerprint density at radius 2 is 1.53 bits per heavy atom. The van der Waals surface area contributed by atoms with Crippen molar-refractivity contribution in [2.75, 3.05) is 19.8 Å². The highest BCUT2D eigenvalue weighted by Crippen LogP contribution is 2.28. The Morgan fingerprint density at radius 3 is 1.82 bits per heavy atom. The van der Waals surface area contributed by atoms with E-state index in [4.69, 9.17) is 9.47 Å². The standard InChI is InChI=1S/C12H22O5/c1-4-7-8-12(9-13,10(14)16-5-2)11(15)17-6-3/h13H,4-9H2,1-3H3. The predicted octanol–water partition coefficient (Wildman–Crippen LogP) is 1.28. The maximum atomic E-state index is 11.8. The normalized spacial score (nSPS) is 11.1. The molecule has 0 amide bonds. The largest absolute Gasteiger partial charge is 0.465 e. The van der Waals surface area contributed by atoms with Gasteiger partial charge in [-0.1, -0.05) is 19.8 Å². The lowest BCUT2D eigenvalue weighted by Crippen LogP contribution is -2.45. The second-order valence-electron chi connectivity index (χ2n) is 3.78. The monoisotopic (exact) mass is 246 g/mol. The average molecular weight is 246 g/mol. The van der Waals surface area contributed by atoms with Crippen LogP contribution in [0.15, 0.2) is 0 Å². The van der Waals surface area contributed by atoms with Crippen LogP contribution in [0.1, 0.15) is 40.0 Å².